The summed E-state index contributed by atoms with van der Waals surface area (Å²) in [7, 11) is 0. The van der Waals surface area contributed by atoms with E-state index in [0.29, 0.717) is 12.3 Å². The number of hydrogen-bond donors (Lipinski definition) is 1. The quantitative estimate of drug-likeness (QED) is 0.892. The average molecular weight is 316 g/mol. The molecule has 2 aliphatic carbocycles. The molecule has 1 nitrogen and oxygen atoms in total. The molecule has 0 aromatic heterocycles. The molecule has 2 fully saturated rings. The molecule has 0 aliphatic heterocycles. The smallest absolute Gasteiger partial charge is 0.0609 e. The summed E-state index contributed by atoms with van der Waals surface area (Å²) in [6.07, 6.45) is 4.32. The van der Waals surface area contributed by atoms with Gasteiger partial charge in [-0.25, -0.2) is 0 Å². The van der Waals surface area contributed by atoms with Gasteiger partial charge in [0.2, 0.25) is 0 Å². The van der Waals surface area contributed by atoms with E-state index in [1.165, 1.54) is 19.3 Å². The van der Waals surface area contributed by atoms with Crippen molar-refractivity contribution in [3.63, 3.8) is 0 Å². The van der Waals surface area contributed by atoms with Crippen molar-refractivity contribution >= 4 is 27.5 Å². The summed E-state index contributed by atoms with van der Waals surface area (Å²) in [5.74, 6) is 2.35. The van der Waals surface area contributed by atoms with Gasteiger partial charge in [-0.1, -0.05) is 33.6 Å². The molecule has 2 saturated carbocycles. The third-order valence-electron chi connectivity index (χ3n) is 4.27. The summed E-state index contributed by atoms with van der Waals surface area (Å²) in [5.41, 5.74) is 1.06. The van der Waals surface area contributed by atoms with Crippen molar-refractivity contribution < 1.29 is 5.11 Å². The van der Waals surface area contributed by atoms with Gasteiger partial charge in [-0.3, -0.25) is 0 Å². The van der Waals surface area contributed by atoms with Crippen molar-refractivity contribution in [3.05, 3.63) is 33.3 Å². The fraction of sp³-hybridized carbons (Fsp3) is 0.571. The lowest BCUT2D eigenvalue weighted by molar-refractivity contribution is 0.104. The Kier molecular flexibility index (Phi) is 3.22. The number of aliphatic hydroxyl groups excluding tert-OH is 1. The van der Waals surface area contributed by atoms with Crippen LogP contribution in [-0.4, -0.2) is 11.2 Å². The monoisotopic (exact) mass is 314 g/mol. The van der Waals surface area contributed by atoms with Gasteiger partial charge in [0.1, 0.15) is 0 Å². The zero-order valence-electron chi connectivity index (χ0n) is 9.57. The molecule has 92 valence electrons. The standard InChI is InChI=1S/C14H16BrClO/c15-12-2-1-8(13(16)7-12)6-14(17)11-4-9-3-10(9)5-11/h1-2,7,9-11,14,17H,3-6H2. The Morgan fingerprint density at radius 2 is 2.00 bits per heavy atom. The largest absolute Gasteiger partial charge is 0.392 e. The number of fused-ring (bicyclic) bond motifs is 1. The van der Waals surface area contributed by atoms with Crippen LogP contribution >= 0.6 is 27.5 Å². The van der Waals surface area contributed by atoms with Gasteiger partial charge >= 0.3 is 0 Å². The topological polar surface area (TPSA) is 20.2 Å². The molecular weight excluding hydrogens is 300 g/mol. The number of benzene rings is 1. The second-order valence-electron chi connectivity index (χ2n) is 5.49. The second kappa shape index (κ2) is 4.56. The van der Waals surface area contributed by atoms with E-state index in [2.05, 4.69) is 15.9 Å². The molecule has 1 N–H and O–H groups in total. The van der Waals surface area contributed by atoms with Crippen LogP contribution in [0.1, 0.15) is 24.8 Å². The summed E-state index contributed by atoms with van der Waals surface area (Å²) in [6.45, 7) is 0. The highest BCUT2D eigenvalue weighted by atomic mass is 79.9. The lowest BCUT2D eigenvalue weighted by atomic mass is 9.92. The Bertz CT molecular complexity index is 424. The zero-order valence-corrected chi connectivity index (χ0v) is 11.9. The molecular formula is C14H16BrClO. The molecule has 0 heterocycles. The van der Waals surface area contributed by atoms with Crippen molar-refractivity contribution in [1.82, 2.24) is 0 Å². The molecule has 3 heteroatoms. The van der Waals surface area contributed by atoms with Gasteiger partial charge in [0.15, 0.2) is 0 Å². The van der Waals surface area contributed by atoms with Gasteiger partial charge < -0.3 is 5.11 Å². The number of aliphatic hydroxyl groups is 1. The molecule has 3 unspecified atom stereocenters. The van der Waals surface area contributed by atoms with Crippen molar-refractivity contribution in [1.29, 1.82) is 0 Å². The highest BCUT2D eigenvalue weighted by Gasteiger charge is 2.47. The molecule has 1 aromatic rings. The van der Waals surface area contributed by atoms with Crippen LogP contribution in [0.25, 0.3) is 0 Å². The Morgan fingerprint density at radius 3 is 2.65 bits per heavy atom. The predicted molar refractivity (Wildman–Crippen MR) is 73.2 cm³/mol. The lowest BCUT2D eigenvalue weighted by Gasteiger charge is -2.20. The van der Waals surface area contributed by atoms with Crippen LogP contribution in [0.3, 0.4) is 0 Å². The molecule has 0 amide bonds. The number of halogens is 2. The highest BCUT2D eigenvalue weighted by molar-refractivity contribution is 9.10. The van der Waals surface area contributed by atoms with Gasteiger partial charge in [-0.15, -0.1) is 0 Å². The van der Waals surface area contributed by atoms with E-state index in [0.717, 1.165) is 26.9 Å². The normalized spacial score (nSPS) is 32.3. The summed E-state index contributed by atoms with van der Waals surface area (Å²) in [4.78, 5) is 0. The van der Waals surface area contributed by atoms with Crippen molar-refractivity contribution in [2.24, 2.45) is 17.8 Å². The average Bonchev–Trinajstić information content (AvgIpc) is 2.89. The van der Waals surface area contributed by atoms with Crippen LogP contribution in [0.5, 0.6) is 0 Å². The van der Waals surface area contributed by atoms with Crippen molar-refractivity contribution in [2.45, 2.75) is 31.8 Å². The fourth-order valence-corrected chi connectivity index (χ4v) is 3.91. The van der Waals surface area contributed by atoms with Crippen molar-refractivity contribution in [2.75, 3.05) is 0 Å². The Labute approximate surface area is 115 Å². The molecule has 1 aromatic carbocycles. The predicted octanol–water partition coefficient (Wildman–Crippen LogP) is 4.05. The van der Waals surface area contributed by atoms with Crippen LogP contribution in [0.4, 0.5) is 0 Å². The third-order valence-corrected chi connectivity index (χ3v) is 5.11. The van der Waals surface area contributed by atoms with E-state index in [1.54, 1.807) is 0 Å². The number of hydrogen-bond acceptors (Lipinski definition) is 1. The first-order valence-electron chi connectivity index (χ1n) is 6.25. The van der Waals surface area contributed by atoms with Gasteiger partial charge in [0.25, 0.3) is 0 Å². The maximum atomic E-state index is 10.3. The van der Waals surface area contributed by atoms with Crippen molar-refractivity contribution in [3.8, 4) is 0 Å². The highest BCUT2D eigenvalue weighted by Crippen LogP contribution is 2.55. The fourth-order valence-electron chi connectivity index (χ4n) is 3.15. The minimum atomic E-state index is -0.221. The summed E-state index contributed by atoms with van der Waals surface area (Å²) in [6, 6.07) is 5.89. The zero-order chi connectivity index (χ0) is 12.0. The van der Waals surface area contributed by atoms with Crippen LogP contribution in [0.15, 0.2) is 22.7 Å². The van der Waals surface area contributed by atoms with E-state index in [9.17, 15) is 5.11 Å². The Balaban J connectivity index is 1.65. The molecule has 3 atom stereocenters. The van der Waals surface area contributed by atoms with E-state index >= 15 is 0 Å². The van der Waals surface area contributed by atoms with E-state index < -0.39 is 0 Å². The third kappa shape index (κ3) is 2.54. The van der Waals surface area contributed by atoms with Crippen LogP contribution in [0.2, 0.25) is 5.02 Å². The van der Waals surface area contributed by atoms with E-state index in [-0.39, 0.29) is 6.10 Å². The van der Waals surface area contributed by atoms with Gasteiger partial charge in [-0.2, -0.15) is 0 Å². The summed E-state index contributed by atoms with van der Waals surface area (Å²) < 4.78 is 0.989. The molecule has 0 saturated heterocycles. The van der Waals surface area contributed by atoms with Gasteiger partial charge in [-0.05, 0) is 54.7 Å². The molecule has 3 rings (SSSR count). The van der Waals surface area contributed by atoms with Gasteiger partial charge in [0.05, 0.1) is 6.10 Å². The van der Waals surface area contributed by atoms with E-state index in [4.69, 9.17) is 11.6 Å². The minimum Gasteiger partial charge on any atom is -0.392 e. The molecule has 17 heavy (non-hydrogen) atoms. The second-order valence-corrected chi connectivity index (χ2v) is 6.82. The minimum absolute atomic E-state index is 0.221. The first-order valence-corrected chi connectivity index (χ1v) is 7.42. The Morgan fingerprint density at radius 1 is 1.29 bits per heavy atom. The van der Waals surface area contributed by atoms with Crippen LogP contribution < -0.4 is 0 Å². The maximum Gasteiger partial charge on any atom is 0.0609 e. The number of rotatable bonds is 3. The molecule has 0 spiro atoms. The maximum absolute atomic E-state index is 10.3. The lowest BCUT2D eigenvalue weighted by Crippen LogP contribution is -2.21. The molecule has 2 aliphatic rings. The summed E-state index contributed by atoms with van der Waals surface area (Å²) in [5, 5.41) is 11.0. The SMILES string of the molecule is OC(Cc1ccc(Br)cc1Cl)C1CC2CC2C1. The first-order chi connectivity index (χ1) is 8.13. The first kappa shape index (κ1) is 12.0. The molecule has 0 radical (unpaired) electrons. The van der Waals surface area contributed by atoms with E-state index in [1.807, 2.05) is 18.2 Å². The van der Waals surface area contributed by atoms with Crippen LogP contribution in [0, 0.1) is 17.8 Å². The molecule has 0 bridgehead atoms. The summed E-state index contributed by atoms with van der Waals surface area (Å²) >= 11 is 9.57. The Hall–Kier alpha value is -0.0500. The van der Waals surface area contributed by atoms with Gasteiger partial charge in [0, 0.05) is 15.9 Å². The van der Waals surface area contributed by atoms with Crippen LogP contribution in [-0.2, 0) is 6.42 Å².